The van der Waals surface area contributed by atoms with Crippen molar-refractivity contribution >= 4 is 0 Å². The van der Waals surface area contributed by atoms with E-state index in [9.17, 15) is 0 Å². The van der Waals surface area contributed by atoms with Crippen LogP contribution in [0.25, 0.3) is 0 Å². The van der Waals surface area contributed by atoms with Gasteiger partial charge in [0.2, 0.25) is 0 Å². The number of hydrogen-bond donors (Lipinski definition) is 1. The molecular weight excluding hydrogens is 212 g/mol. The second-order valence-corrected chi connectivity index (χ2v) is 5.56. The summed E-state index contributed by atoms with van der Waals surface area (Å²) in [6.45, 7) is 7.57. The molecule has 0 saturated heterocycles. The van der Waals surface area contributed by atoms with Gasteiger partial charge in [-0.15, -0.1) is 0 Å². The van der Waals surface area contributed by atoms with Gasteiger partial charge in [0.1, 0.15) is 12.2 Å². The lowest BCUT2D eigenvalue weighted by Gasteiger charge is -2.43. The molecule has 1 saturated carbocycles. The highest BCUT2D eigenvalue weighted by molar-refractivity contribution is 5.03. The quantitative estimate of drug-likeness (QED) is 0.873. The Morgan fingerprint density at radius 2 is 2.29 bits per heavy atom. The van der Waals surface area contributed by atoms with Crippen LogP contribution in [0.2, 0.25) is 0 Å². The van der Waals surface area contributed by atoms with Gasteiger partial charge in [0.05, 0.1) is 0 Å². The number of hydrogen-bond acceptors (Lipinski definition) is 3. The van der Waals surface area contributed by atoms with Crippen LogP contribution in [0.1, 0.15) is 45.9 Å². The lowest BCUT2D eigenvalue weighted by Crippen LogP contribution is -2.53. The van der Waals surface area contributed by atoms with Gasteiger partial charge in [-0.25, -0.2) is 4.98 Å². The smallest absolute Gasteiger partial charge is 0.138 e. The van der Waals surface area contributed by atoms with Crippen molar-refractivity contribution in [3.63, 3.8) is 0 Å². The molecular formula is C13H24N4. The zero-order valence-corrected chi connectivity index (χ0v) is 11.2. The molecule has 0 aromatic carbocycles. The molecule has 4 heteroatoms. The van der Waals surface area contributed by atoms with Crippen LogP contribution in [0, 0.1) is 11.8 Å². The number of rotatable bonds is 3. The normalized spacial score (nSPS) is 33.9. The maximum atomic E-state index is 6.63. The fourth-order valence-corrected chi connectivity index (χ4v) is 3.03. The molecule has 4 nitrogen and oxygen atoms in total. The zero-order valence-electron chi connectivity index (χ0n) is 11.2. The summed E-state index contributed by atoms with van der Waals surface area (Å²) in [5.74, 6) is 2.31. The number of nitrogens with zero attached hydrogens (tertiary/aromatic N) is 3. The van der Waals surface area contributed by atoms with Crippen molar-refractivity contribution in [3.8, 4) is 0 Å². The molecule has 1 aromatic rings. The van der Waals surface area contributed by atoms with Crippen molar-refractivity contribution in [2.75, 3.05) is 0 Å². The molecule has 0 aliphatic heterocycles. The third-order valence-corrected chi connectivity index (χ3v) is 4.54. The topological polar surface area (TPSA) is 56.7 Å². The van der Waals surface area contributed by atoms with Crippen molar-refractivity contribution in [1.82, 2.24) is 14.8 Å². The number of aromatic nitrogens is 3. The monoisotopic (exact) mass is 236 g/mol. The first-order chi connectivity index (χ1) is 8.07. The summed E-state index contributed by atoms with van der Waals surface area (Å²) in [6.07, 6.45) is 6.14. The largest absolute Gasteiger partial charge is 0.324 e. The van der Waals surface area contributed by atoms with Crippen LogP contribution in [0.3, 0.4) is 0 Å². The predicted octanol–water partition coefficient (Wildman–Crippen LogP) is 1.99. The van der Waals surface area contributed by atoms with Gasteiger partial charge in [0.25, 0.3) is 0 Å². The average Bonchev–Trinajstić information content (AvgIpc) is 2.73. The highest BCUT2D eigenvalue weighted by Gasteiger charge is 2.39. The third kappa shape index (κ3) is 2.37. The highest BCUT2D eigenvalue weighted by Crippen LogP contribution is 2.37. The van der Waals surface area contributed by atoms with E-state index in [1.807, 2.05) is 4.68 Å². The van der Waals surface area contributed by atoms with E-state index >= 15 is 0 Å². The maximum Gasteiger partial charge on any atom is 0.138 e. The first kappa shape index (κ1) is 12.6. The van der Waals surface area contributed by atoms with Crippen LogP contribution in [0.5, 0.6) is 0 Å². The fraction of sp³-hybridized carbons (Fsp3) is 0.846. The van der Waals surface area contributed by atoms with E-state index in [1.54, 1.807) is 6.33 Å². The average molecular weight is 236 g/mol. The van der Waals surface area contributed by atoms with Gasteiger partial charge < -0.3 is 5.73 Å². The molecule has 1 heterocycles. The molecule has 3 atom stereocenters. The maximum absolute atomic E-state index is 6.63. The summed E-state index contributed by atoms with van der Waals surface area (Å²) >= 11 is 0. The molecule has 0 bridgehead atoms. The minimum atomic E-state index is -0.0996. The van der Waals surface area contributed by atoms with Crippen molar-refractivity contribution in [3.05, 3.63) is 12.2 Å². The Kier molecular flexibility index (Phi) is 3.52. The molecule has 2 rings (SSSR count). The van der Waals surface area contributed by atoms with Crippen molar-refractivity contribution < 1.29 is 0 Å². The van der Waals surface area contributed by atoms with E-state index in [0.717, 1.165) is 25.2 Å². The second-order valence-electron chi connectivity index (χ2n) is 5.56. The number of aryl methyl sites for hydroxylation is 1. The predicted molar refractivity (Wildman–Crippen MR) is 68.5 cm³/mol. The Bertz CT molecular complexity index is 373. The molecule has 1 aliphatic carbocycles. The second kappa shape index (κ2) is 4.77. The Morgan fingerprint density at radius 3 is 3.00 bits per heavy atom. The van der Waals surface area contributed by atoms with Gasteiger partial charge >= 0.3 is 0 Å². The zero-order chi connectivity index (χ0) is 12.5. The highest BCUT2D eigenvalue weighted by atomic mass is 15.3. The van der Waals surface area contributed by atoms with E-state index in [0.29, 0.717) is 11.8 Å². The molecule has 3 unspecified atom stereocenters. The lowest BCUT2D eigenvalue weighted by atomic mass is 9.67. The van der Waals surface area contributed by atoms with Gasteiger partial charge in [0.15, 0.2) is 0 Å². The van der Waals surface area contributed by atoms with E-state index in [4.69, 9.17) is 5.73 Å². The van der Waals surface area contributed by atoms with Gasteiger partial charge in [-0.05, 0) is 25.2 Å². The third-order valence-electron chi connectivity index (χ3n) is 4.54. The van der Waals surface area contributed by atoms with Crippen LogP contribution >= 0.6 is 0 Å². The Balaban J connectivity index is 2.16. The summed E-state index contributed by atoms with van der Waals surface area (Å²) < 4.78 is 1.96. The molecule has 0 spiro atoms. The lowest BCUT2D eigenvalue weighted by molar-refractivity contribution is 0.140. The Hall–Kier alpha value is -0.900. The van der Waals surface area contributed by atoms with Crippen LogP contribution in [-0.4, -0.2) is 20.3 Å². The molecule has 1 fully saturated rings. The SMILES string of the molecule is CCn1ncnc1CC1(N)CCCC(C)C1C. The summed E-state index contributed by atoms with van der Waals surface area (Å²) in [6, 6.07) is 0. The van der Waals surface area contributed by atoms with Crippen molar-refractivity contribution in [2.45, 2.75) is 58.5 Å². The Labute approximate surface area is 104 Å². The fourth-order valence-electron chi connectivity index (χ4n) is 3.03. The molecule has 1 aromatic heterocycles. The van der Waals surface area contributed by atoms with E-state index in [2.05, 4.69) is 30.9 Å². The van der Waals surface area contributed by atoms with Gasteiger partial charge in [-0.1, -0.05) is 26.7 Å². The first-order valence-electron chi connectivity index (χ1n) is 6.72. The number of nitrogens with two attached hydrogens (primary N) is 1. The van der Waals surface area contributed by atoms with E-state index in [-0.39, 0.29) is 5.54 Å². The molecule has 2 N–H and O–H groups in total. The summed E-state index contributed by atoms with van der Waals surface area (Å²) in [5.41, 5.74) is 6.53. The van der Waals surface area contributed by atoms with Crippen molar-refractivity contribution in [1.29, 1.82) is 0 Å². The van der Waals surface area contributed by atoms with Crippen molar-refractivity contribution in [2.24, 2.45) is 17.6 Å². The minimum absolute atomic E-state index is 0.0996. The Morgan fingerprint density at radius 1 is 1.53 bits per heavy atom. The summed E-state index contributed by atoms with van der Waals surface area (Å²) in [5, 5.41) is 4.23. The molecule has 0 radical (unpaired) electrons. The summed E-state index contributed by atoms with van der Waals surface area (Å²) in [7, 11) is 0. The van der Waals surface area contributed by atoms with Gasteiger partial charge in [0, 0.05) is 18.5 Å². The molecule has 96 valence electrons. The van der Waals surface area contributed by atoms with Crippen LogP contribution < -0.4 is 5.73 Å². The van der Waals surface area contributed by atoms with Gasteiger partial charge in [-0.3, -0.25) is 4.68 Å². The van der Waals surface area contributed by atoms with E-state index in [1.165, 1.54) is 12.8 Å². The van der Waals surface area contributed by atoms with Crippen LogP contribution in [-0.2, 0) is 13.0 Å². The first-order valence-corrected chi connectivity index (χ1v) is 6.72. The summed E-state index contributed by atoms with van der Waals surface area (Å²) in [4.78, 5) is 4.36. The van der Waals surface area contributed by atoms with E-state index < -0.39 is 0 Å². The molecule has 1 aliphatic rings. The van der Waals surface area contributed by atoms with Gasteiger partial charge in [-0.2, -0.15) is 5.10 Å². The minimum Gasteiger partial charge on any atom is -0.324 e. The standard InChI is InChI=1S/C13H24N4/c1-4-17-12(15-9-16-17)8-13(14)7-5-6-10(2)11(13)3/h9-11H,4-8,14H2,1-3H3. The van der Waals surface area contributed by atoms with Crippen LogP contribution in [0.15, 0.2) is 6.33 Å². The molecule has 17 heavy (non-hydrogen) atoms. The van der Waals surface area contributed by atoms with Crippen LogP contribution in [0.4, 0.5) is 0 Å². The molecule has 0 amide bonds.